The normalized spacial score (nSPS) is 13.3. The van der Waals surface area contributed by atoms with E-state index in [1.165, 1.54) is 18.2 Å². The van der Waals surface area contributed by atoms with Gasteiger partial charge in [-0.1, -0.05) is 6.92 Å². The number of carbonyl (C=O) groups excluding carboxylic acids is 1. The van der Waals surface area contributed by atoms with Crippen LogP contribution in [-0.2, 0) is 0 Å². The molecule has 0 aliphatic rings. The van der Waals surface area contributed by atoms with Gasteiger partial charge < -0.3 is 15.7 Å². The Hall–Kier alpha value is -2.15. The second-order valence-electron chi connectivity index (χ2n) is 5.22. The molecule has 1 aromatic rings. The SMILES string of the molecule is CC[C@@](C)(CCO)NC(=O)Nc1ccc([N+](=O)[O-])cc1C. The average molecular weight is 295 g/mol. The molecule has 0 heterocycles. The van der Waals surface area contributed by atoms with Gasteiger partial charge in [0, 0.05) is 30.0 Å². The van der Waals surface area contributed by atoms with Crippen molar-refractivity contribution in [3.8, 4) is 0 Å². The summed E-state index contributed by atoms with van der Waals surface area (Å²) in [5, 5.41) is 25.2. The summed E-state index contributed by atoms with van der Waals surface area (Å²) < 4.78 is 0. The van der Waals surface area contributed by atoms with Crippen LogP contribution in [0.5, 0.6) is 0 Å². The largest absolute Gasteiger partial charge is 0.396 e. The van der Waals surface area contributed by atoms with Crippen LogP contribution in [0, 0.1) is 17.0 Å². The topological polar surface area (TPSA) is 104 Å². The summed E-state index contributed by atoms with van der Waals surface area (Å²) in [5.74, 6) is 0. The van der Waals surface area contributed by atoms with Gasteiger partial charge in [0.15, 0.2) is 0 Å². The number of non-ortho nitro benzene ring substituents is 1. The van der Waals surface area contributed by atoms with Crippen LogP contribution in [0.3, 0.4) is 0 Å². The number of benzene rings is 1. The Balaban J connectivity index is 2.77. The first kappa shape index (κ1) is 16.9. The van der Waals surface area contributed by atoms with Crippen molar-refractivity contribution in [2.24, 2.45) is 0 Å². The number of urea groups is 1. The molecular formula is C14H21N3O4. The van der Waals surface area contributed by atoms with Crippen LogP contribution in [0.2, 0.25) is 0 Å². The van der Waals surface area contributed by atoms with E-state index >= 15 is 0 Å². The molecule has 7 heteroatoms. The van der Waals surface area contributed by atoms with E-state index < -0.39 is 16.5 Å². The van der Waals surface area contributed by atoms with Gasteiger partial charge in [-0.25, -0.2) is 4.79 Å². The highest BCUT2D eigenvalue weighted by Crippen LogP contribution is 2.21. The molecule has 0 saturated carbocycles. The molecule has 21 heavy (non-hydrogen) atoms. The average Bonchev–Trinajstić information content (AvgIpc) is 2.41. The minimum atomic E-state index is -0.493. The maximum absolute atomic E-state index is 12.0. The Labute approximate surface area is 123 Å². The first-order chi connectivity index (χ1) is 9.81. The quantitative estimate of drug-likeness (QED) is 0.554. The van der Waals surface area contributed by atoms with Gasteiger partial charge in [0.2, 0.25) is 0 Å². The van der Waals surface area contributed by atoms with Gasteiger partial charge in [-0.2, -0.15) is 0 Å². The summed E-state index contributed by atoms with van der Waals surface area (Å²) in [7, 11) is 0. The van der Waals surface area contributed by atoms with Crippen molar-refractivity contribution >= 4 is 17.4 Å². The lowest BCUT2D eigenvalue weighted by molar-refractivity contribution is -0.384. The minimum Gasteiger partial charge on any atom is -0.396 e. The molecule has 1 atom stereocenters. The van der Waals surface area contributed by atoms with Crippen LogP contribution in [0.1, 0.15) is 32.3 Å². The zero-order valence-electron chi connectivity index (χ0n) is 12.5. The van der Waals surface area contributed by atoms with E-state index in [9.17, 15) is 14.9 Å². The molecule has 7 nitrogen and oxygen atoms in total. The first-order valence-electron chi connectivity index (χ1n) is 6.76. The van der Waals surface area contributed by atoms with E-state index in [1.807, 2.05) is 13.8 Å². The van der Waals surface area contributed by atoms with Crippen LogP contribution in [0.25, 0.3) is 0 Å². The summed E-state index contributed by atoms with van der Waals surface area (Å²) >= 11 is 0. The molecule has 2 amide bonds. The predicted octanol–water partition coefficient (Wildman–Crippen LogP) is 2.58. The monoisotopic (exact) mass is 295 g/mol. The molecule has 1 aromatic carbocycles. The number of amides is 2. The van der Waals surface area contributed by atoms with Crippen LogP contribution in [-0.4, -0.2) is 28.2 Å². The summed E-state index contributed by atoms with van der Waals surface area (Å²) in [6.07, 6.45) is 1.14. The highest BCUT2D eigenvalue weighted by atomic mass is 16.6. The molecule has 116 valence electrons. The third kappa shape index (κ3) is 4.71. The summed E-state index contributed by atoms with van der Waals surface area (Å²) in [4.78, 5) is 22.2. The highest BCUT2D eigenvalue weighted by Gasteiger charge is 2.23. The molecule has 0 fully saturated rings. The Bertz CT molecular complexity index is 533. The van der Waals surface area contributed by atoms with Crippen LogP contribution in [0.15, 0.2) is 18.2 Å². The van der Waals surface area contributed by atoms with Crippen molar-refractivity contribution in [3.63, 3.8) is 0 Å². The standard InChI is InChI=1S/C14H21N3O4/c1-4-14(3,7-8-18)16-13(19)15-12-6-5-11(17(20)21)9-10(12)2/h5-6,9,18H,4,7-8H2,1-3H3,(H2,15,16,19)/t14-/m0/s1. The van der Waals surface area contributed by atoms with E-state index in [0.717, 1.165) is 0 Å². The third-order valence-corrected chi connectivity index (χ3v) is 3.53. The van der Waals surface area contributed by atoms with Gasteiger partial charge in [0.25, 0.3) is 5.69 Å². The van der Waals surface area contributed by atoms with Crippen molar-refractivity contribution in [1.29, 1.82) is 0 Å². The van der Waals surface area contributed by atoms with Gasteiger partial charge in [-0.15, -0.1) is 0 Å². The van der Waals surface area contributed by atoms with Crippen LogP contribution >= 0.6 is 0 Å². The Morgan fingerprint density at radius 1 is 1.48 bits per heavy atom. The predicted molar refractivity (Wildman–Crippen MR) is 80.4 cm³/mol. The van der Waals surface area contributed by atoms with Crippen molar-refractivity contribution in [2.45, 2.75) is 39.2 Å². The lowest BCUT2D eigenvalue weighted by atomic mass is 9.95. The smallest absolute Gasteiger partial charge is 0.319 e. The van der Waals surface area contributed by atoms with E-state index in [4.69, 9.17) is 5.11 Å². The third-order valence-electron chi connectivity index (χ3n) is 3.53. The number of aliphatic hydroxyl groups is 1. The van der Waals surface area contributed by atoms with E-state index in [0.29, 0.717) is 24.1 Å². The summed E-state index contributed by atoms with van der Waals surface area (Å²) in [6, 6.07) is 3.85. The van der Waals surface area contributed by atoms with Gasteiger partial charge in [0.05, 0.1) is 4.92 Å². The fourth-order valence-electron chi connectivity index (χ4n) is 1.90. The van der Waals surface area contributed by atoms with Crippen molar-refractivity contribution < 1.29 is 14.8 Å². The molecule has 0 aliphatic heterocycles. The molecule has 0 saturated heterocycles. The molecule has 0 bridgehead atoms. The number of hydrogen-bond donors (Lipinski definition) is 3. The molecule has 0 aromatic heterocycles. The Kier molecular flexibility index (Phi) is 5.66. The highest BCUT2D eigenvalue weighted by molar-refractivity contribution is 5.90. The van der Waals surface area contributed by atoms with Crippen molar-refractivity contribution in [3.05, 3.63) is 33.9 Å². The number of nitro benzene ring substituents is 1. The van der Waals surface area contributed by atoms with Gasteiger partial charge in [0.1, 0.15) is 0 Å². The number of aryl methyl sites for hydroxylation is 1. The molecule has 1 rings (SSSR count). The molecule has 0 spiro atoms. The van der Waals surface area contributed by atoms with Gasteiger partial charge >= 0.3 is 6.03 Å². The van der Waals surface area contributed by atoms with Crippen LogP contribution in [0.4, 0.5) is 16.2 Å². The number of nitro groups is 1. The van der Waals surface area contributed by atoms with Gasteiger partial charge in [-0.05, 0) is 38.3 Å². The number of rotatable bonds is 6. The lowest BCUT2D eigenvalue weighted by Crippen LogP contribution is -2.48. The number of nitrogens with zero attached hydrogens (tertiary/aromatic N) is 1. The second kappa shape index (κ2) is 7.03. The Morgan fingerprint density at radius 3 is 2.62 bits per heavy atom. The maximum atomic E-state index is 12.0. The lowest BCUT2D eigenvalue weighted by Gasteiger charge is -2.29. The number of hydrogen-bond acceptors (Lipinski definition) is 4. The molecular weight excluding hydrogens is 274 g/mol. The number of nitrogens with one attached hydrogen (secondary N) is 2. The molecule has 3 N–H and O–H groups in total. The fraction of sp³-hybridized carbons (Fsp3) is 0.500. The maximum Gasteiger partial charge on any atom is 0.319 e. The zero-order chi connectivity index (χ0) is 16.0. The summed E-state index contributed by atoms with van der Waals surface area (Å²) in [6.45, 7) is 5.45. The number of anilines is 1. The Morgan fingerprint density at radius 2 is 2.14 bits per heavy atom. The second-order valence-corrected chi connectivity index (χ2v) is 5.22. The van der Waals surface area contributed by atoms with Crippen molar-refractivity contribution in [1.82, 2.24) is 5.32 Å². The molecule has 0 unspecified atom stereocenters. The van der Waals surface area contributed by atoms with Crippen molar-refractivity contribution in [2.75, 3.05) is 11.9 Å². The first-order valence-corrected chi connectivity index (χ1v) is 6.76. The summed E-state index contributed by atoms with van der Waals surface area (Å²) in [5.41, 5.74) is 0.616. The number of carbonyl (C=O) groups is 1. The van der Waals surface area contributed by atoms with E-state index in [2.05, 4.69) is 10.6 Å². The van der Waals surface area contributed by atoms with Gasteiger partial charge in [-0.3, -0.25) is 10.1 Å². The van der Waals surface area contributed by atoms with E-state index in [-0.39, 0.29) is 12.3 Å². The van der Waals surface area contributed by atoms with Crippen LogP contribution < -0.4 is 10.6 Å². The molecule has 0 aliphatic carbocycles. The molecule has 0 radical (unpaired) electrons. The number of aliphatic hydroxyl groups excluding tert-OH is 1. The minimum absolute atomic E-state index is 0.0127. The zero-order valence-corrected chi connectivity index (χ0v) is 12.5. The van der Waals surface area contributed by atoms with E-state index in [1.54, 1.807) is 6.92 Å². The fourth-order valence-corrected chi connectivity index (χ4v) is 1.90.